The smallest absolute Gasteiger partial charge is 0.282 e. The number of hydrazine groups is 1. The van der Waals surface area contributed by atoms with Gasteiger partial charge < -0.3 is 0 Å². The molecule has 2 rings (SSSR count). The Labute approximate surface area is 97.5 Å². The van der Waals surface area contributed by atoms with E-state index in [0.717, 1.165) is 5.56 Å². The third-order valence-corrected chi connectivity index (χ3v) is 2.22. The van der Waals surface area contributed by atoms with Gasteiger partial charge in [0.25, 0.3) is 0 Å². The molecule has 88 valence electrons. The first kappa shape index (κ1) is 11.2. The van der Waals surface area contributed by atoms with Crippen LogP contribution in [0.25, 0.3) is 5.82 Å². The van der Waals surface area contributed by atoms with E-state index in [1.165, 1.54) is 15.9 Å². The molecule has 0 unspecified atom stereocenters. The molecule has 7 heteroatoms. The molecule has 7 nitrogen and oxygen atoms in total. The Morgan fingerprint density at radius 1 is 1.41 bits per heavy atom. The second kappa shape index (κ2) is 4.30. The lowest BCUT2D eigenvalue weighted by atomic mass is 10.3. The van der Waals surface area contributed by atoms with Crippen LogP contribution in [0.15, 0.2) is 29.5 Å². The van der Waals surface area contributed by atoms with E-state index in [9.17, 15) is 4.79 Å². The van der Waals surface area contributed by atoms with Gasteiger partial charge in [-0.25, -0.2) is 25.2 Å². The second-order valence-corrected chi connectivity index (χ2v) is 3.56. The predicted molar refractivity (Wildman–Crippen MR) is 62.8 cm³/mol. The van der Waals surface area contributed by atoms with E-state index in [2.05, 4.69) is 15.0 Å². The lowest BCUT2D eigenvalue weighted by Gasteiger charge is -2.10. The van der Waals surface area contributed by atoms with Gasteiger partial charge in [0.15, 0.2) is 0 Å². The molecule has 0 atom stereocenters. The van der Waals surface area contributed by atoms with Gasteiger partial charge in [0, 0.05) is 13.2 Å². The number of aromatic nitrogens is 4. The minimum absolute atomic E-state index is 0.167. The highest BCUT2D eigenvalue weighted by Gasteiger charge is 2.07. The zero-order valence-electron chi connectivity index (χ0n) is 9.53. The first-order valence-electron chi connectivity index (χ1n) is 4.95. The van der Waals surface area contributed by atoms with Crippen LogP contribution in [0.4, 0.5) is 5.95 Å². The summed E-state index contributed by atoms with van der Waals surface area (Å²) in [5, 5.41) is 1.18. The van der Waals surface area contributed by atoms with E-state index >= 15 is 0 Å². The zero-order valence-corrected chi connectivity index (χ0v) is 9.53. The third kappa shape index (κ3) is 2.13. The molecule has 2 aromatic rings. The summed E-state index contributed by atoms with van der Waals surface area (Å²) in [5.74, 6) is 6.13. The maximum absolute atomic E-state index is 11.8. The third-order valence-electron chi connectivity index (χ3n) is 2.22. The van der Waals surface area contributed by atoms with Crippen molar-refractivity contribution < 1.29 is 0 Å². The van der Waals surface area contributed by atoms with Gasteiger partial charge in [-0.15, -0.1) is 0 Å². The molecule has 0 saturated carbocycles. The summed E-state index contributed by atoms with van der Waals surface area (Å²) in [6, 6.07) is 3.66. The number of anilines is 1. The molecule has 0 spiro atoms. The Hall–Kier alpha value is -2.28. The molecule has 0 aromatic carbocycles. The fraction of sp³-hybridized carbons (Fsp3) is 0.200. The predicted octanol–water partition coefficient (Wildman–Crippen LogP) is -0.359. The van der Waals surface area contributed by atoms with Crippen LogP contribution in [0.5, 0.6) is 0 Å². The highest BCUT2D eigenvalue weighted by molar-refractivity contribution is 5.32. The Morgan fingerprint density at radius 3 is 2.76 bits per heavy atom. The number of nitrogens with zero attached hydrogens (tertiary/aromatic N) is 5. The minimum atomic E-state index is -0.464. The minimum Gasteiger partial charge on any atom is -0.282 e. The quantitative estimate of drug-likeness (QED) is 0.561. The van der Waals surface area contributed by atoms with Gasteiger partial charge in [-0.3, -0.25) is 5.01 Å². The van der Waals surface area contributed by atoms with Crippen LogP contribution in [0, 0.1) is 6.92 Å². The van der Waals surface area contributed by atoms with Crippen molar-refractivity contribution >= 4 is 5.95 Å². The van der Waals surface area contributed by atoms with Crippen molar-refractivity contribution in [2.24, 2.45) is 5.84 Å². The molecular formula is C10H12N6O. The van der Waals surface area contributed by atoms with Crippen LogP contribution in [0.2, 0.25) is 0 Å². The average Bonchev–Trinajstić information content (AvgIpc) is 2.30. The first-order valence-corrected chi connectivity index (χ1v) is 4.95. The largest absolute Gasteiger partial charge is 0.357 e. The molecule has 0 aliphatic carbocycles. The van der Waals surface area contributed by atoms with Gasteiger partial charge in [-0.1, -0.05) is 6.07 Å². The topological polar surface area (TPSA) is 89.9 Å². The van der Waals surface area contributed by atoms with E-state index in [0.29, 0.717) is 5.82 Å². The number of aryl methyl sites for hydroxylation is 1. The molecule has 0 fully saturated rings. The van der Waals surface area contributed by atoms with Crippen LogP contribution >= 0.6 is 0 Å². The van der Waals surface area contributed by atoms with Gasteiger partial charge in [0.1, 0.15) is 12.1 Å². The van der Waals surface area contributed by atoms with Gasteiger partial charge in [-0.2, -0.15) is 4.98 Å². The molecule has 0 radical (unpaired) electrons. The summed E-state index contributed by atoms with van der Waals surface area (Å²) in [5.41, 5.74) is 0.404. The molecule has 17 heavy (non-hydrogen) atoms. The standard InChI is InChI=1S/C10H12N6O/c1-7-4-3-5-12-8(7)16-6-13-9(15(2)11)14-10(16)17/h3-6H,11H2,1-2H3. The summed E-state index contributed by atoms with van der Waals surface area (Å²) in [6.07, 6.45) is 2.97. The first-order chi connectivity index (χ1) is 8.09. The van der Waals surface area contributed by atoms with Crippen LogP contribution in [0.3, 0.4) is 0 Å². The Bertz CT molecular complexity index is 591. The number of rotatable bonds is 2. The van der Waals surface area contributed by atoms with Gasteiger partial charge in [0.2, 0.25) is 5.95 Å². The summed E-state index contributed by atoms with van der Waals surface area (Å²) >= 11 is 0. The SMILES string of the molecule is Cc1cccnc1-n1cnc(N(C)N)nc1=O. The number of hydrogen-bond donors (Lipinski definition) is 1. The van der Waals surface area contributed by atoms with Crippen molar-refractivity contribution in [3.63, 3.8) is 0 Å². The monoisotopic (exact) mass is 232 g/mol. The molecule has 2 N–H and O–H groups in total. The Morgan fingerprint density at radius 2 is 2.18 bits per heavy atom. The fourth-order valence-corrected chi connectivity index (χ4v) is 1.37. The molecule has 0 amide bonds. The van der Waals surface area contributed by atoms with Gasteiger partial charge >= 0.3 is 5.69 Å². The van der Waals surface area contributed by atoms with E-state index in [1.807, 2.05) is 13.0 Å². The van der Waals surface area contributed by atoms with E-state index in [1.54, 1.807) is 19.3 Å². The van der Waals surface area contributed by atoms with Gasteiger partial charge in [0.05, 0.1) is 0 Å². The maximum atomic E-state index is 11.8. The fourth-order valence-electron chi connectivity index (χ4n) is 1.37. The highest BCUT2D eigenvalue weighted by atomic mass is 16.1. The highest BCUT2D eigenvalue weighted by Crippen LogP contribution is 2.06. The summed E-state index contributed by atoms with van der Waals surface area (Å²) in [6.45, 7) is 1.86. The Kier molecular flexibility index (Phi) is 2.84. The summed E-state index contributed by atoms with van der Waals surface area (Å²) < 4.78 is 1.28. The van der Waals surface area contributed by atoms with E-state index < -0.39 is 5.69 Å². The van der Waals surface area contributed by atoms with Crippen molar-refractivity contribution in [2.45, 2.75) is 6.92 Å². The molecule has 0 aliphatic heterocycles. The van der Waals surface area contributed by atoms with E-state index in [-0.39, 0.29) is 5.95 Å². The lowest BCUT2D eigenvalue weighted by Crippen LogP contribution is -2.32. The number of hydrogen-bond acceptors (Lipinski definition) is 6. The van der Waals surface area contributed by atoms with Crippen molar-refractivity contribution in [1.82, 2.24) is 19.5 Å². The van der Waals surface area contributed by atoms with Crippen molar-refractivity contribution in [3.8, 4) is 5.82 Å². The average molecular weight is 232 g/mol. The summed E-state index contributed by atoms with van der Waals surface area (Å²) in [4.78, 5) is 23.6. The normalized spacial score (nSPS) is 10.3. The van der Waals surface area contributed by atoms with Crippen LogP contribution < -0.4 is 16.5 Å². The van der Waals surface area contributed by atoms with Crippen molar-refractivity contribution in [3.05, 3.63) is 40.7 Å². The lowest BCUT2D eigenvalue weighted by molar-refractivity contribution is 0.799. The zero-order chi connectivity index (χ0) is 12.4. The molecule has 0 aliphatic rings. The van der Waals surface area contributed by atoms with Crippen LogP contribution in [0.1, 0.15) is 5.56 Å². The maximum Gasteiger partial charge on any atom is 0.357 e. The molecular weight excluding hydrogens is 220 g/mol. The van der Waals surface area contributed by atoms with Crippen molar-refractivity contribution in [2.75, 3.05) is 12.1 Å². The van der Waals surface area contributed by atoms with Crippen LogP contribution in [-0.2, 0) is 0 Å². The second-order valence-electron chi connectivity index (χ2n) is 3.56. The molecule has 2 aromatic heterocycles. The summed E-state index contributed by atoms with van der Waals surface area (Å²) in [7, 11) is 1.56. The Balaban J connectivity index is 2.55. The van der Waals surface area contributed by atoms with E-state index in [4.69, 9.17) is 5.84 Å². The van der Waals surface area contributed by atoms with Gasteiger partial charge in [-0.05, 0) is 18.6 Å². The van der Waals surface area contributed by atoms with Crippen LogP contribution in [-0.4, -0.2) is 26.6 Å². The molecule has 0 bridgehead atoms. The number of pyridine rings is 1. The number of nitrogens with two attached hydrogens (primary N) is 1. The van der Waals surface area contributed by atoms with Crippen molar-refractivity contribution in [1.29, 1.82) is 0 Å². The molecule has 2 heterocycles. The molecule has 0 saturated heterocycles.